The van der Waals surface area contributed by atoms with Crippen LogP contribution >= 0.6 is 11.6 Å². The molecule has 5 nitrogen and oxygen atoms in total. The fraction of sp³-hybridized carbons (Fsp3) is 0.429. The largest absolute Gasteiger partial charge is 0.331 e. The van der Waals surface area contributed by atoms with E-state index in [1.54, 1.807) is 25.2 Å². The number of fused-ring (bicyclic) bond motifs is 1. The van der Waals surface area contributed by atoms with Crippen molar-refractivity contribution in [3.8, 4) is 0 Å². The third-order valence-corrected chi connectivity index (χ3v) is 4.21. The Bertz CT molecular complexity index is 772. The van der Waals surface area contributed by atoms with Gasteiger partial charge in [0.05, 0.1) is 15.9 Å². The summed E-state index contributed by atoms with van der Waals surface area (Å²) >= 11 is 6.13. The summed E-state index contributed by atoms with van der Waals surface area (Å²) in [6, 6.07) is 5.34. The first-order valence-corrected chi connectivity index (χ1v) is 7.09. The van der Waals surface area contributed by atoms with E-state index in [1.807, 2.05) is 0 Å². The van der Waals surface area contributed by atoms with Crippen LogP contribution in [0.3, 0.4) is 0 Å². The summed E-state index contributed by atoms with van der Waals surface area (Å²) in [6.45, 7) is 1.33. The molecule has 3 rings (SSSR count). The van der Waals surface area contributed by atoms with Crippen LogP contribution in [-0.2, 0) is 13.6 Å². The molecule has 2 aromatic rings. The molecular formula is C14H16ClN3O2. The highest BCUT2D eigenvalue weighted by Crippen LogP contribution is 2.18. The minimum Gasteiger partial charge on any atom is -0.312 e. The van der Waals surface area contributed by atoms with Crippen LogP contribution in [0.15, 0.2) is 27.8 Å². The van der Waals surface area contributed by atoms with E-state index in [4.69, 9.17) is 11.6 Å². The number of benzene rings is 1. The molecule has 1 atom stereocenters. The highest BCUT2D eigenvalue weighted by Gasteiger charge is 2.19. The van der Waals surface area contributed by atoms with E-state index in [2.05, 4.69) is 5.32 Å². The first-order valence-electron chi connectivity index (χ1n) is 6.71. The number of rotatable bonds is 2. The van der Waals surface area contributed by atoms with E-state index in [0.29, 0.717) is 22.5 Å². The summed E-state index contributed by atoms with van der Waals surface area (Å²) in [5.41, 5.74) is -0.0241. The van der Waals surface area contributed by atoms with Gasteiger partial charge in [-0.1, -0.05) is 17.7 Å². The van der Waals surface area contributed by atoms with Gasteiger partial charge in [-0.25, -0.2) is 4.79 Å². The van der Waals surface area contributed by atoms with Crippen molar-refractivity contribution in [1.82, 2.24) is 14.5 Å². The van der Waals surface area contributed by atoms with Crippen molar-refractivity contribution < 1.29 is 0 Å². The number of halogens is 1. The molecule has 0 aliphatic carbocycles. The Morgan fingerprint density at radius 1 is 1.40 bits per heavy atom. The predicted molar refractivity (Wildman–Crippen MR) is 79.5 cm³/mol. The normalized spacial score (nSPS) is 18.8. The van der Waals surface area contributed by atoms with Crippen molar-refractivity contribution in [3.05, 3.63) is 44.1 Å². The van der Waals surface area contributed by atoms with E-state index in [-0.39, 0.29) is 17.3 Å². The average Bonchev–Trinajstić information content (AvgIpc) is 2.94. The summed E-state index contributed by atoms with van der Waals surface area (Å²) in [5.74, 6) is 0. The third kappa shape index (κ3) is 2.07. The first kappa shape index (κ1) is 13.4. The molecule has 1 aromatic heterocycles. The van der Waals surface area contributed by atoms with E-state index >= 15 is 0 Å². The van der Waals surface area contributed by atoms with E-state index in [0.717, 1.165) is 19.4 Å². The van der Waals surface area contributed by atoms with Gasteiger partial charge in [0, 0.05) is 19.6 Å². The Balaban J connectivity index is 2.24. The van der Waals surface area contributed by atoms with Crippen LogP contribution in [0, 0.1) is 0 Å². The van der Waals surface area contributed by atoms with Gasteiger partial charge in [-0.3, -0.25) is 13.9 Å². The lowest BCUT2D eigenvalue weighted by Crippen LogP contribution is -2.43. The first-order chi connectivity index (χ1) is 9.59. The molecule has 1 aromatic carbocycles. The van der Waals surface area contributed by atoms with Gasteiger partial charge in [0.25, 0.3) is 5.56 Å². The second-order valence-electron chi connectivity index (χ2n) is 5.18. The smallest absolute Gasteiger partial charge is 0.312 e. The molecule has 1 aliphatic rings. The van der Waals surface area contributed by atoms with E-state index in [9.17, 15) is 9.59 Å². The molecule has 0 bridgehead atoms. The van der Waals surface area contributed by atoms with Crippen LogP contribution in [-0.4, -0.2) is 21.7 Å². The topological polar surface area (TPSA) is 56.0 Å². The molecule has 0 amide bonds. The number of hydrogen-bond donors (Lipinski definition) is 1. The molecular weight excluding hydrogens is 278 g/mol. The Kier molecular flexibility index (Phi) is 3.40. The predicted octanol–water partition coefficient (Wildman–Crippen LogP) is 1.11. The minimum absolute atomic E-state index is 0.181. The van der Waals surface area contributed by atoms with Crippen molar-refractivity contribution in [2.45, 2.75) is 25.4 Å². The highest BCUT2D eigenvalue weighted by atomic mass is 35.5. The third-order valence-electron chi connectivity index (χ3n) is 3.90. The molecule has 1 fully saturated rings. The quantitative estimate of drug-likeness (QED) is 0.902. The van der Waals surface area contributed by atoms with Gasteiger partial charge in [0.1, 0.15) is 0 Å². The van der Waals surface area contributed by atoms with Crippen molar-refractivity contribution in [2.24, 2.45) is 7.05 Å². The molecule has 1 aliphatic heterocycles. The second-order valence-corrected chi connectivity index (χ2v) is 5.59. The fourth-order valence-corrected chi connectivity index (χ4v) is 3.05. The van der Waals surface area contributed by atoms with Crippen LogP contribution in [0.5, 0.6) is 0 Å². The Morgan fingerprint density at radius 3 is 2.90 bits per heavy atom. The van der Waals surface area contributed by atoms with Crippen LogP contribution in [0.25, 0.3) is 10.9 Å². The lowest BCUT2D eigenvalue weighted by Gasteiger charge is -2.15. The monoisotopic (exact) mass is 293 g/mol. The van der Waals surface area contributed by atoms with Crippen LogP contribution in [0.2, 0.25) is 5.02 Å². The summed E-state index contributed by atoms with van der Waals surface area (Å²) in [6.07, 6.45) is 2.06. The van der Waals surface area contributed by atoms with Crippen molar-refractivity contribution in [2.75, 3.05) is 6.54 Å². The molecule has 0 saturated carbocycles. The van der Waals surface area contributed by atoms with E-state index < -0.39 is 0 Å². The number of aromatic nitrogens is 2. The minimum atomic E-state index is -0.303. The zero-order chi connectivity index (χ0) is 14.3. The van der Waals surface area contributed by atoms with Crippen molar-refractivity contribution in [1.29, 1.82) is 0 Å². The SMILES string of the molecule is Cn1c(=O)n(CC2CCCN2)c(=O)c2c(Cl)cccc21. The van der Waals surface area contributed by atoms with Crippen molar-refractivity contribution >= 4 is 22.5 Å². The zero-order valence-corrected chi connectivity index (χ0v) is 12.0. The summed E-state index contributed by atoms with van der Waals surface area (Å²) in [7, 11) is 1.67. The highest BCUT2D eigenvalue weighted by molar-refractivity contribution is 6.35. The van der Waals surface area contributed by atoms with Crippen molar-refractivity contribution in [3.63, 3.8) is 0 Å². The van der Waals surface area contributed by atoms with Gasteiger partial charge < -0.3 is 5.32 Å². The number of nitrogens with zero attached hydrogens (tertiary/aromatic N) is 2. The zero-order valence-electron chi connectivity index (χ0n) is 11.2. The van der Waals surface area contributed by atoms with Gasteiger partial charge in [-0.15, -0.1) is 0 Å². The number of nitrogens with one attached hydrogen (secondary N) is 1. The molecule has 106 valence electrons. The Morgan fingerprint density at radius 2 is 2.20 bits per heavy atom. The number of aryl methyl sites for hydroxylation is 1. The molecule has 1 unspecified atom stereocenters. The van der Waals surface area contributed by atoms with Gasteiger partial charge in [0.15, 0.2) is 0 Å². The summed E-state index contributed by atoms with van der Waals surface area (Å²) in [4.78, 5) is 24.9. The molecule has 2 heterocycles. The second kappa shape index (κ2) is 5.07. The Hall–Kier alpha value is -1.59. The standard InChI is InChI=1S/C14H16ClN3O2/c1-17-11-6-2-5-10(15)12(11)13(19)18(14(17)20)8-9-4-3-7-16-9/h2,5-6,9,16H,3-4,7-8H2,1H3. The van der Waals surface area contributed by atoms with Gasteiger partial charge in [0.2, 0.25) is 0 Å². The molecule has 1 N–H and O–H groups in total. The lowest BCUT2D eigenvalue weighted by atomic mass is 10.2. The van der Waals surface area contributed by atoms with Gasteiger partial charge >= 0.3 is 5.69 Å². The lowest BCUT2D eigenvalue weighted by molar-refractivity contribution is 0.478. The van der Waals surface area contributed by atoms with Gasteiger partial charge in [-0.2, -0.15) is 0 Å². The Labute approximate surface area is 120 Å². The molecule has 0 spiro atoms. The molecule has 0 radical (unpaired) electrons. The fourth-order valence-electron chi connectivity index (χ4n) is 2.80. The van der Waals surface area contributed by atoms with Crippen LogP contribution in [0.4, 0.5) is 0 Å². The molecule has 20 heavy (non-hydrogen) atoms. The average molecular weight is 294 g/mol. The van der Waals surface area contributed by atoms with E-state index in [1.165, 1.54) is 9.13 Å². The number of hydrogen-bond acceptors (Lipinski definition) is 3. The maximum absolute atomic E-state index is 12.5. The maximum atomic E-state index is 12.5. The summed E-state index contributed by atoms with van der Waals surface area (Å²) < 4.78 is 2.77. The molecule has 1 saturated heterocycles. The maximum Gasteiger partial charge on any atom is 0.331 e. The molecule has 6 heteroatoms. The summed E-state index contributed by atoms with van der Waals surface area (Å²) in [5, 5.41) is 4.10. The van der Waals surface area contributed by atoms with Crippen LogP contribution < -0.4 is 16.6 Å². The van der Waals surface area contributed by atoms with Crippen LogP contribution in [0.1, 0.15) is 12.8 Å². The van der Waals surface area contributed by atoms with Gasteiger partial charge in [-0.05, 0) is 31.5 Å².